The van der Waals surface area contributed by atoms with E-state index < -0.39 is 5.91 Å². The molecule has 0 atom stereocenters. The highest BCUT2D eigenvalue weighted by molar-refractivity contribution is 6.30. The van der Waals surface area contributed by atoms with Crippen molar-refractivity contribution in [3.63, 3.8) is 0 Å². The van der Waals surface area contributed by atoms with Crippen LogP contribution in [0.4, 0.5) is 0 Å². The number of ether oxygens (including phenoxy) is 2. The van der Waals surface area contributed by atoms with Crippen molar-refractivity contribution in [1.82, 2.24) is 10.1 Å². The molecular weight excluding hydrogens is 418 g/mol. The monoisotopic (exact) mass is 435 g/mol. The van der Waals surface area contributed by atoms with E-state index in [1.807, 2.05) is 36.4 Å². The van der Waals surface area contributed by atoms with E-state index in [0.29, 0.717) is 29.1 Å². The van der Waals surface area contributed by atoms with E-state index in [9.17, 15) is 4.79 Å². The van der Waals surface area contributed by atoms with Gasteiger partial charge in [-0.25, -0.2) is 0 Å². The van der Waals surface area contributed by atoms with E-state index in [4.69, 9.17) is 31.3 Å². The van der Waals surface area contributed by atoms with Crippen LogP contribution in [0.5, 0.6) is 11.5 Å². The number of rotatable bonds is 8. The van der Waals surface area contributed by atoms with Gasteiger partial charge < -0.3 is 19.7 Å². The minimum absolute atomic E-state index is 0.177. The molecule has 1 amide bonds. The lowest BCUT2D eigenvalue weighted by Gasteiger charge is -2.07. The summed E-state index contributed by atoms with van der Waals surface area (Å²) in [4.78, 5) is 15.3. The van der Waals surface area contributed by atoms with Gasteiger partial charge in [0.2, 0.25) is 5.82 Å². The molecule has 156 valence electrons. The van der Waals surface area contributed by atoms with Crippen molar-refractivity contribution in [3.05, 3.63) is 83.4 Å². The summed E-state index contributed by atoms with van der Waals surface area (Å²) in [5.74, 6) is 1.57. The van der Waals surface area contributed by atoms with Crippen LogP contribution in [0.15, 0.2) is 77.3 Å². The van der Waals surface area contributed by atoms with Gasteiger partial charge in [0.05, 0.1) is 0 Å². The third kappa shape index (κ3) is 5.40. The van der Waals surface area contributed by atoms with Gasteiger partial charge in [0.15, 0.2) is 6.61 Å². The van der Waals surface area contributed by atoms with Gasteiger partial charge in [-0.2, -0.15) is 4.98 Å². The van der Waals surface area contributed by atoms with Crippen molar-refractivity contribution in [2.75, 3.05) is 6.61 Å². The number of nitrogens with zero attached hydrogens (tertiary/aromatic N) is 2. The fourth-order valence-electron chi connectivity index (χ4n) is 2.80. The van der Waals surface area contributed by atoms with Gasteiger partial charge >= 0.3 is 0 Å². The summed E-state index contributed by atoms with van der Waals surface area (Å²) in [6.07, 6.45) is 0. The lowest BCUT2D eigenvalue weighted by atomic mass is 10.1. The number of nitrogens with two attached hydrogens (primary N) is 1. The first-order chi connectivity index (χ1) is 15.1. The number of hydrogen-bond acceptors (Lipinski definition) is 6. The van der Waals surface area contributed by atoms with E-state index in [-0.39, 0.29) is 6.61 Å². The van der Waals surface area contributed by atoms with Crippen molar-refractivity contribution in [2.45, 2.75) is 6.61 Å². The average Bonchev–Trinajstić information content (AvgIpc) is 3.28. The molecule has 1 heterocycles. The standard InChI is InChI=1S/C23H18ClN3O4/c24-18-6-10-20(11-7-18)29-13-15-2-1-3-17(12-15)23-26-22(27-31-23)16-4-8-19(9-5-16)30-14-21(25)28/h1-12H,13-14H2,(H2,25,28). The molecule has 0 spiro atoms. The molecular formula is C23H18ClN3O4. The minimum Gasteiger partial charge on any atom is -0.489 e. The lowest BCUT2D eigenvalue weighted by molar-refractivity contribution is -0.119. The highest BCUT2D eigenvalue weighted by Gasteiger charge is 2.12. The Hall–Kier alpha value is -3.84. The van der Waals surface area contributed by atoms with Gasteiger partial charge in [-0.1, -0.05) is 28.9 Å². The van der Waals surface area contributed by atoms with E-state index >= 15 is 0 Å². The van der Waals surface area contributed by atoms with Crippen LogP contribution in [-0.4, -0.2) is 22.7 Å². The SMILES string of the molecule is NC(=O)COc1ccc(-c2noc(-c3cccc(COc4ccc(Cl)cc4)c3)n2)cc1. The van der Waals surface area contributed by atoms with Crippen LogP contribution in [-0.2, 0) is 11.4 Å². The van der Waals surface area contributed by atoms with Crippen molar-refractivity contribution in [2.24, 2.45) is 5.73 Å². The zero-order valence-electron chi connectivity index (χ0n) is 16.3. The van der Waals surface area contributed by atoms with Crippen LogP contribution in [0.2, 0.25) is 5.02 Å². The van der Waals surface area contributed by atoms with Crippen LogP contribution in [0.1, 0.15) is 5.56 Å². The highest BCUT2D eigenvalue weighted by atomic mass is 35.5. The number of benzene rings is 3. The van der Waals surface area contributed by atoms with E-state index in [1.165, 1.54) is 0 Å². The molecule has 0 fully saturated rings. The molecule has 2 N–H and O–H groups in total. The highest BCUT2D eigenvalue weighted by Crippen LogP contribution is 2.25. The summed E-state index contributed by atoms with van der Waals surface area (Å²) in [7, 11) is 0. The second kappa shape index (κ2) is 9.32. The molecule has 0 bridgehead atoms. The summed E-state index contributed by atoms with van der Waals surface area (Å²) in [5.41, 5.74) is 7.58. The molecule has 31 heavy (non-hydrogen) atoms. The first kappa shape index (κ1) is 20.4. The van der Waals surface area contributed by atoms with Crippen molar-refractivity contribution >= 4 is 17.5 Å². The summed E-state index contributed by atoms with van der Waals surface area (Å²) >= 11 is 5.89. The molecule has 0 aliphatic carbocycles. The van der Waals surface area contributed by atoms with E-state index in [0.717, 1.165) is 22.4 Å². The van der Waals surface area contributed by atoms with Crippen molar-refractivity contribution in [1.29, 1.82) is 0 Å². The lowest BCUT2D eigenvalue weighted by Crippen LogP contribution is -2.19. The van der Waals surface area contributed by atoms with Crippen LogP contribution in [0.3, 0.4) is 0 Å². The molecule has 4 aromatic rings. The molecule has 0 unspecified atom stereocenters. The number of primary amides is 1. The summed E-state index contributed by atoms with van der Waals surface area (Å²) in [6, 6.07) is 21.9. The Morgan fingerprint density at radius 2 is 1.65 bits per heavy atom. The predicted octanol–water partition coefficient (Wildman–Crippen LogP) is 4.50. The van der Waals surface area contributed by atoms with Gasteiger partial charge in [0.1, 0.15) is 18.1 Å². The number of hydrogen-bond donors (Lipinski definition) is 1. The molecule has 0 aliphatic heterocycles. The Labute approximate surface area is 183 Å². The van der Waals surface area contributed by atoms with Crippen LogP contribution in [0, 0.1) is 0 Å². The van der Waals surface area contributed by atoms with Crippen LogP contribution in [0.25, 0.3) is 22.8 Å². The number of carbonyl (C=O) groups is 1. The molecule has 4 rings (SSSR count). The molecule has 0 radical (unpaired) electrons. The predicted molar refractivity (Wildman–Crippen MR) is 116 cm³/mol. The maximum atomic E-state index is 10.8. The Bertz CT molecular complexity index is 1170. The molecule has 0 saturated carbocycles. The summed E-state index contributed by atoms with van der Waals surface area (Å²) in [5, 5.41) is 4.71. The van der Waals surface area contributed by atoms with E-state index in [1.54, 1.807) is 36.4 Å². The fourth-order valence-corrected chi connectivity index (χ4v) is 2.93. The number of amides is 1. The number of halogens is 1. The minimum atomic E-state index is -0.535. The Morgan fingerprint density at radius 3 is 2.39 bits per heavy atom. The molecule has 1 aromatic heterocycles. The average molecular weight is 436 g/mol. The van der Waals surface area contributed by atoms with Gasteiger partial charge in [0.25, 0.3) is 11.8 Å². The summed E-state index contributed by atoms with van der Waals surface area (Å²) < 4.78 is 16.5. The maximum Gasteiger partial charge on any atom is 0.258 e. The number of carbonyl (C=O) groups excluding carboxylic acids is 1. The molecule has 0 saturated heterocycles. The Balaban J connectivity index is 1.44. The van der Waals surface area contributed by atoms with Gasteiger partial charge in [0, 0.05) is 16.1 Å². The second-order valence-electron chi connectivity index (χ2n) is 6.65. The molecule has 8 heteroatoms. The molecule has 3 aromatic carbocycles. The topological polar surface area (TPSA) is 100 Å². The van der Waals surface area contributed by atoms with E-state index in [2.05, 4.69) is 10.1 Å². The van der Waals surface area contributed by atoms with Gasteiger partial charge in [-0.3, -0.25) is 4.79 Å². The molecule has 0 aliphatic rings. The van der Waals surface area contributed by atoms with Gasteiger partial charge in [-0.05, 0) is 66.2 Å². The smallest absolute Gasteiger partial charge is 0.258 e. The first-order valence-corrected chi connectivity index (χ1v) is 9.77. The Kier molecular flexibility index (Phi) is 6.14. The second-order valence-corrected chi connectivity index (χ2v) is 7.08. The number of aromatic nitrogens is 2. The normalized spacial score (nSPS) is 10.6. The third-order valence-corrected chi connectivity index (χ3v) is 4.56. The third-order valence-electron chi connectivity index (χ3n) is 4.31. The van der Waals surface area contributed by atoms with Crippen LogP contribution < -0.4 is 15.2 Å². The van der Waals surface area contributed by atoms with Gasteiger partial charge in [-0.15, -0.1) is 0 Å². The molecule has 7 nitrogen and oxygen atoms in total. The quantitative estimate of drug-likeness (QED) is 0.437. The van der Waals surface area contributed by atoms with Crippen LogP contribution >= 0.6 is 11.6 Å². The van der Waals surface area contributed by atoms with Crippen molar-refractivity contribution in [3.8, 4) is 34.3 Å². The zero-order valence-corrected chi connectivity index (χ0v) is 17.1. The Morgan fingerprint density at radius 1 is 0.935 bits per heavy atom. The largest absolute Gasteiger partial charge is 0.489 e. The van der Waals surface area contributed by atoms with Crippen molar-refractivity contribution < 1.29 is 18.8 Å². The zero-order chi connectivity index (χ0) is 21.6. The summed E-state index contributed by atoms with van der Waals surface area (Å²) in [6.45, 7) is 0.215. The maximum absolute atomic E-state index is 10.8. The first-order valence-electron chi connectivity index (χ1n) is 9.40. The fraction of sp³-hybridized carbons (Fsp3) is 0.0870.